The normalized spacial score (nSPS) is 11.5. The number of aryl methyl sites for hydroxylation is 1. The molecule has 0 radical (unpaired) electrons. The predicted molar refractivity (Wildman–Crippen MR) is 49.0 cm³/mol. The quantitative estimate of drug-likeness (QED) is 0.829. The maximum atomic E-state index is 12.4. The monoisotopic (exact) mass is 220 g/mol. The highest BCUT2D eigenvalue weighted by molar-refractivity contribution is 5.47. The van der Waals surface area contributed by atoms with Gasteiger partial charge in [0.25, 0.3) is 0 Å². The number of benzene rings is 1. The molecule has 0 saturated carbocycles. The Kier molecular flexibility index (Phi) is 3.12. The summed E-state index contributed by atoms with van der Waals surface area (Å²) < 4.78 is 42.2. The minimum Gasteiger partial charge on any atom is -0.504 e. The molecular weight excluding hydrogens is 209 g/mol. The number of phenols is 1. The van der Waals surface area contributed by atoms with Crippen LogP contribution in [0.1, 0.15) is 18.1 Å². The molecule has 0 atom stereocenters. The third-order valence-electron chi connectivity index (χ3n) is 1.91. The van der Waals surface area contributed by atoms with Gasteiger partial charge in [-0.3, -0.25) is 0 Å². The Hall–Kier alpha value is -1.39. The number of aromatic hydroxyl groups is 1. The van der Waals surface area contributed by atoms with Crippen LogP contribution in [-0.2, 0) is 6.18 Å². The first-order valence-electron chi connectivity index (χ1n) is 4.40. The first-order valence-corrected chi connectivity index (χ1v) is 4.40. The van der Waals surface area contributed by atoms with Gasteiger partial charge in [-0.15, -0.1) is 0 Å². The molecule has 15 heavy (non-hydrogen) atoms. The molecule has 0 aromatic heterocycles. The Balaban J connectivity index is 3.20. The molecule has 1 aromatic carbocycles. The predicted octanol–water partition coefficient (Wildman–Crippen LogP) is 3.12. The average molecular weight is 220 g/mol. The largest absolute Gasteiger partial charge is 0.504 e. The topological polar surface area (TPSA) is 29.5 Å². The fraction of sp³-hybridized carbons (Fsp3) is 0.400. The van der Waals surface area contributed by atoms with E-state index in [2.05, 4.69) is 0 Å². The van der Waals surface area contributed by atoms with Gasteiger partial charge in [-0.05, 0) is 31.5 Å². The first kappa shape index (κ1) is 11.7. The van der Waals surface area contributed by atoms with Crippen LogP contribution in [0.3, 0.4) is 0 Å². The average Bonchev–Trinajstić information content (AvgIpc) is 2.09. The maximum absolute atomic E-state index is 12.4. The summed E-state index contributed by atoms with van der Waals surface area (Å²) >= 11 is 0. The third kappa shape index (κ3) is 2.55. The molecule has 5 heteroatoms. The van der Waals surface area contributed by atoms with Crippen molar-refractivity contribution in [1.82, 2.24) is 0 Å². The minimum absolute atomic E-state index is 0.0313. The van der Waals surface area contributed by atoms with E-state index in [0.717, 1.165) is 0 Å². The molecule has 2 nitrogen and oxygen atoms in total. The van der Waals surface area contributed by atoms with Crippen LogP contribution >= 0.6 is 0 Å². The molecule has 0 bridgehead atoms. The molecule has 0 heterocycles. The van der Waals surface area contributed by atoms with E-state index < -0.39 is 17.5 Å². The van der Waals surface area contributed by atoms with Crippen LogP contribution in [0, 0.1) is 6.92 Å². The van der Waals surface area contributed by atoms with E-state index in [1.165, 1.54) is 13.0 Å². The molecule has 0 amide bonds. The summed E-state index contributed by atoms with van der Waals surface area (Å²) in [4.78, 5) is 0. The summed E-state index contributed by atoms with van der Waals surface area (Å²) in [6.07, 6.45) is -4.45. The molecule has 1 rings (SSSR count). The van der Waals surface area contributed by atoms with E-state index in [4.69, 9.17) is 4.74 Å². The Morgan fingerprint density at radius 1 is 1.33 bits per heavy atom. The van der Waals surface area contributed by atoms with Crippen LogP contribution in [0.2, 0.25) is 0 Å². The lowest BCUT2D eigenvalue weighted by Gasteiger charge is -2.13. The van der Waals surface area contributed by atoms with Gasteiger partial charge in [0.15, 0.2) is 11.5 Å². The first-order chi connectivity index (χ1) is 6.86. The molecular formula is C10H11F3O2. The number of rotatable bonds is 2. The summed E-state index contributed by atoms with van der Waals surface area (Å²) in [6, 6.07) is 1.86. The van der Waals surface area contributed by atoms with Gasteiger partial charge in [-0.1, -0.05) is 0 Å². The zero-order valence-corrected chi connectivity index (χ0v) is 8.35. The van der Waals surface area contributed by atoms with Gasteiger partial charge in [-0.2, -0.15) is 13.2 Å². The van der Waals surface area contributed by atoms with Crippen molar-refractivity contribution >= 4 is 0 Å². The lowest BCUT2D eigenvalue weighted by atomic mass is 10.1. The van der Waals surface area contributed by atoms with E-state index in [9.17, 15) is 18.3 Å². The zero-order valence-electron chi connectivity index (χ0n) is 8.35. The van der Waals surface area contributed by atoms with E-state index in [1.807, 2.05) is 0 Å². The van der Waals surface area contributed by atoms with Crippen molar-refractivity contribution in [3.05, 3.63) is 23.3 Å². The molecule has 0 saturated heterocycles. The molecule has 0 aliphatic carbocycles. The molecule has 0 spiro atoms. The molecule has 84 valence electrons. The van der Waals surface area contributed by atoms with Crippen molar-refractivity contribution in [1.29, 1.82) is 0 Å². The number of phenolic OH excluding ortho intramolecular Hbond substituents is 1. The van der Waals surface area contributed by atoms with E-state index in [0.29, 0.717) is 12.7 Å². The summed E-state index contributed by atoms with van der Waals surface area (Å²) in [5.74, 6) is -0.419. The standard InChI is InChI=1S/C10H11F3O2/c1-3-15-9-4-6(2)7(5-8(9)14)10(11,12)13/h4-5,14H,3H2,1-2H3. The van der Waals surface area contributed by atoms with Crippen LogP contribution in [-0.4, -0.2) is 11.7 Å². The van der Waals surface area contributed by atoms with Gasteiger partial charge in [0.1, 0.15) is 0 Å². The second-order valence-electron chi connectivity index (χ2n) is 3.07. The van der Waals surface area contributed by atoms with Gasteiger partial charge >= 0.3 is 6.18 Å². The Bertz CT molecular complexity index is 358. The molecule has 0 aliphatic heterocycles. The van der Waals surface area contributed by atoms with Crippen molar-refractivity contribution in [2.45, 2.75) is 20.0 Å². The second kappa shape index (κ2) is 4.00. The van der Waals surface area contributed by atoms with Crippen molar-refractivity contribution < 1.29 is 23.0 Å². The highest BCUT2D eigenvalue weighted by Gasteiger charge is 2.33. The number of halogens is 3. The molecule has 0 fully saturated rings. The van der Waals surface area contributed by atoms with Gasteiger partial charge in [-0.25, -0.2) is 0 Å². The Morgan fingerprint density at radius 3 is 2.40 bits per heavy atom. The smallest absolute Gasteiger partial charge is 0.416 e. The second-order valence-corrected chi connectivity index (χ2v) is 3.07. The number of hydrogen-bond acceptors (Lipinski definition) is 2. The highest BCUT2D eigenvalue weighted by atomic mass is 19.4. The van der Waals surface area contributed by atoms with E-state index in [1.54, 1.807) is 6.92 Å². The van der Waals surface area contributed by atoms with E-state index in [-0.39, 0.29) is 11.3 Å². The summed E-state index contributed by atoms with van der Waals surface area (Å²) in [5, 5.41) is 9.29. The fourth-order valence-corrected chi connectivity index (χ4v) is 1.25. The lowest BCUT2D eigenvalue weighted by molar-refractivity contribution is -0.138. The lowest BCUT2D eigenvalue weighted by Crippen LogP contribution is -2.07. The maximum Gasteiger partial charge on any atom is 0.416 e. The zero-order chi connectivity index (χ0) is 11.6. The van der Waals surface area contributed by atoms with Crippen molar-refractivity contribution in [2.75, 3.05) is 6.61 Å². The van der Waals surface area contributed by atoms with Gasteiger partial charge in [0.2, 0.25) is 0 Å². The number of alkyl halides is 3. The van der Waals surface area contributed by atoms with Gasteiger partial charge in [0.05, 0.1) is 12.2 Å². The van der Waals surface area contributed by atoms with E-state index >= 15 is 0 Å². The van der Waals surface area contributed by atoms with Gasteiger partial charge < -0.3 is 9.84 Å². The Labute approximate surface area is 85.3 Å². The summed E-state index contributed by atoms with van der Waals surface area (Å²) in [7, 11) is 0. The fourth-order valence-electron chi connectivity index (χ4n) is 1.25. The summed E-state index contributed by atoms with van der Waals surface area (Å²) in [6.45, 7) is 3.30. The summed E-state index contributed by atoms with van der Waals surface area (Å²) in [5.41, 5.74) is -0.813. The van der Waals surface area contributed by atoms with Crippen molar-refractivity contribution in [3.8, 4) is 11.5 Å². The van der Waals surface area contributed by atoms with Crippen LogP contribution in [0.4, 0.5) is 13.2 Å². The van der Waals surface area contributed by atoms with Crippen molar-refractivity contribution in [3.63, 3.8) is 0 Å². The van der Waals surface area contributed by atoms with Gasteiger partial charge in [0, 0.05) is 0 Å². The number of ether oxygens (including phenoxy) is 1. The van der Waals surface area contributed by atoms with Crippen LogP contribution in [0.25, 0.3) is 0 Å². The molecule has 0 aliphatic rings. The van der Waals surface area contributed by atoms with Crippen molar-refractivity contribution in [2.24, 2.45) is 0 Å². The van der Waals surface area contributed by atoms with Crippen LogP contribution < -0.4 is 4.74 Å². The molecule has 1 aromatic rings. The highest BCUT2D eigenvalue weighted by Crippen LogP contribution is 2.38. The Morgan fingerprint density at radius 2 is 1.93 bits per heavy atom. The molecule has 0 unspecified atom stereocenters. The minimum atomic E-state index is -4.45. The van der Waals surface area contributed by atoms with Crippen LogP contribution in [0.5, 0.6) is 11.5 Å². The third-order valence-corrected chi connectivity index (χ3v) is 1.91. The SMILES string of the molecule is CCOc1cc(C)c(C(F)(F)F)cc1O. The molecule has 1 N–H and O–H groups in total. The number of hydrogen-bond donors (Lipinski definition) is 1. The van der Waals surface area contributed by atoms with Crippen LogP contribution in [0.15, 0.2) is 12.1 Å².